The van der Waals surface area contributed by atoms with Gasteiger partial charge in [0.1, 0.15) is 11.5 Å². The summed E-state index contributed by atoms with van der Waals surface area (Å²) in [5.41, 5.74) is -0.267. The van der Waals surface area contributed by atoms with Crippen LogP contribution in [0.1, 0.15) is 18.9 Å². The number of hydrogen-bond acceptors (Lipinski definition) is 2. The van der Waals surface area contributed by atoms with E-state index in [4.69, 9.17) is 16.3 Å². The maximum Gasteiger partial charge on any atom is 0.133 e. The second-order valence-corrected chi connectivity index (χ2v) is 6.06. The van der Waals surface area contributed by atoms with E-state index in [9.17, 15) is 5.11 Å². The highest BCUT2D eigenvalue weighted by Gasteiger charge is 2.26. The molecule has 0 spiro atoms. The highest BCUT2D eigenvalue weighted by molar-refractivity contribution is 9.10. The fourth-order valence-corrected chi connectivity index (χ4v) is 2.58. The number of halogens is 2. The molecule has 2 aromatic carbocycles. The van der Waals surface area contributed by atoms with Gasteiger partial charge in [0.2, 0.25) is 0 Å². The smallest absolute Gasteiger partial charge is 0.133 e. The molecular weight excluding hydrogens is 340 g/mol. The summed E-state index contributed by atoms with van der Waals surface area (Å²) in [7, 11) is 0. The van der Waals surface area contributed by atoms with Crippen LogP contribution in [0.3, 0.4) is 0 Å². The summed E-state index contributed by atoms with van der Waals surface area (Å²) in [5, 5.41) is 10.5. The Balaban J connectivity index is 2.30. The van der Waals surface area contributed by atoms with E-state index in [0.29, 0.717) is 18.1 Å². The predicted molar refractivity (Wildman–Crippen MR) is 85.6 cm³/mol. The first-order chi connectivity index (χ1) is 9.53. The Morgan fingerprint density at radius 2 is 1.80 bits per heavy atom. The molecular formula is C16H16BrClO2. The van der Waals surface area contributed by atoms with Crippen LogP contribution in [0.25, 0.3) is 0 Å². The van der Waals surface area contributed by atoms with Gasteiger partial charge in [0.25, 0.3) is 0 Å². The van der Waals surface area contributed by atoms with Crippen LogP contribution >= 0.6 is 27.5 Å². The number of rotatable bonds is 5. The summed E-state index contributed by atoms with van der Waals surface area (Å²) >= 11 is 9.15. The molecule has 20 heavy (non-hydrogen) atoms. The summed E-state index contributed by atoms with van der Waals surface area (Å²) in [6.07, 6.45) is 0.468. The first kappa shape index (κ1) is 15.4. The molecule has 0 fully saturated rings. The summed E-state index contributed by atoms with van der Waals surface area (Å²) < 4.78 is 6.87. The monoisotopic (exact) mass is 354 g/mol. The zero-order valence-electron chi connectivity index (χ0n) is 11.1. The Morgan fingerprint density at radius 1 is 1.15 bits per heavy atom. The predicted octanol–water partition coefficient (Wildman–Crippen LogP) is 5.08. The summed E-state index contributed by atoms with van der Waals surface area (Å²) in [6.45, 7) is 1.75. The second-order valence-electron chi connectivity index (χ2n) is 4.76. The maximum absolute atomic E-state index is 10.5. The first-order valence-corrected chi connectivity index (χ1v) is 7.67. The lowest BCUT2D eigenvalue weighted by Crippen LogP contribution is -2.22. The van der Waals surface area contributed by atoms with Gasteiger partial charge in [-0.2, -0.15) is 0 Å². The molecule has 0 aliphatic carbocycles. The van der Waals surface area contributed by atoms with Crippen LogP contribution < -0.4 is 4.74 Å². The van der Waals surface area contributed by atoms with Crippen molar-refractivity contribution < 1.29 is 9.84 Å². The van der Waals surface area contributed by atoms with Gasteiger partial charge in [-0.1, -0.05) is 34.1 Å². The maximum atomic E-state index is 10.5. The van der Waals surface area contributed by atoms with Crippen LogP contribution in [-0.2, 0) is 5.60 Å². The van der Waals surface area contributed by atoms with Crippen molar-refractivity contribution in [1.82, 2.24) is 0 Å². The third-order valence-electron chi connectivity index (χ3n) is 3.09. The molecule has 0 saturated heterocycles. The molecule has 2 aromatic rings. The Hall–Kier alpha value is -1.03. The molecule has 4 heteroatoms. The summed E-state index contributed by atoms with van der Waals surface area (Å²) in [6, 6.07) is 15.0. The van der Waals surface area contributed by atoms with Crippen molar-refractivity contribution >= 4 is 27.5 Å². The Labute approximate surface area is 132 Å². The van der Waals surface area contributed by atoms with Gasteiger partial charge in [-0.3, -0.25) is 0 Å². The van der Waals surface area contributed by atoms with Crippen LogP contribution in [0.5, 0.6) is 11.5 Å². The average Bonchev–Trinajstić information content (AvgIpc) is 2.42. The lowest BCUT2D eigenvalue weighted by atomic mass is 9.92. The van der Waals surface area contributed by atoms with Gasteiger partial charge in [-0.15, -0.1) is 11.6 Å². The van der Waals surface area contributed by atoms with Crippen molar-refractivity contribution in [2.75, 3.05) is 5.88 Å². The summed E-state index contributed by atoms with van der Waals surface area (Å²) in [4.78, 5) is 0. The number of benzene rings is 2. The highest BCUT2D eigenvalue weighted by Crippen LogP contribution is 2.35. The number of para-hydroxylation sites is 1. The van der Waals surface area contributed by atoms with Gasteiger partial charge in [0.15, 0.2) is 0 Å². The molecule has 1 N–H and O–H groups in total. The second kappa shape index (κ2) is 6.61. The van der Waals surface area contributed by atoms with E-state index in [2.05, 4.69) is 15.9 Å². The minimum absolute atomic E-state index is 0.389. The van der Waals surface area contributed by atoms with Crippen molar-refractivity contribution in [3.8, 4) is 11.5 Å². The van der Waals surface area contributed by atoms with E-state index < -0.39 is 5.60 Å². The zero-order valence-corrected chi connectivity index (χ0v) is 13.5. The number of alkyl halides is 1. The highest BCUT2D eigenvalue weighted by atomic mass is 79.9. The molecule has 0 aliphatic heterocycles. The van der Waals surface area contributed by atoms with Crippen LogP contribution in [-0.4, -0.2) is 11.0 Å². The third kappa shape index (κ3) is 3.75. The van der Waals surface area contributed by atoms with Gasteiger partial charge >= 0.3 is 0 Å². The Kier molecular flexibility index (Phi) is 5.08. The van der Waals surface area contributed by atoms with Crippen LogP contribution in [0.2, 0.25) is 0 Å². The van der Waals surface area contributed by atoms with E-state index in [0.717, 1.165) is 15.8 Å². The Bertz CT molecular complexity index is 567. The zero-order chi connectivity index (χ0) is 14.6. The van der Waals surface area contributed by atoms with Crippen molar-refractivity contribution in [3.05, 3.63) is 58.6 Å². The van der Waals surface area contributed by atoms with Crippen molar-refractivity contribution in [3.63, 3.8) is 0 Å². The normalized spacial score (nSPS) is 13.8. The van der Waals surface area contributed by atoms with E-state index in [1.54, 1.807) is 6.92 Å². The number of hydrogen-bond donors (Lipinski definition) is 1. The van der Waals surface area contributed by atoms with E-state index in [1.165, 1.54) is 0 Å². The van der Waals surface area contributed by atoms with E-state index in [1.807, 2.05) is 48.5 Å². The molecule has 106 valence electrons. The standard InChI is InChI=1S/C16H16BrClO2/c1-16(19,10-11-18)14-4-2-3-5-15(14)20-13-8-6-12(17)7-9-13/h2-9,19H,10-11H2,1H3. The molecule has 1 atom stereocenters. The van der Waals surface area contributed by atoms with Gasteiger partial charge in [-0.05, 0) is 43.7 Å². The summed E-state index contributed by atoms with van der Waals surface area (Å²) in [5.74, 6) is 1.76. The lowest BCUT2D eigenvalue weighted by Gasteiger charge is -2.25. The first-order valence-electron chi connectivity index (χ1n) is 6.34. The molecule has 0 heterocycles. The lowest BCUT2D eigenvalue weighted by molar-refractivity contribution is 0.0519. The molecule has 2 nitrogen and oxygen atoms in total. The van der Waals surface area contributed by atoms with E-state index >= 15 is 0 Å². The largest absolute Gasteiger partial charge is 0.457 e. The van der Waals surface area contributed by atoms with Gasteiger partial charge in [0, 0.05) is 15.9 Å². The fourth-order valence-electron chi connectivity index (χ4n) is 1.95. The average molecular weight is 356 g/mol. The van der Waals surface area contributed by atoms with Gasteiger partial charge in [-0.25, -0.2) is 0 Å². The van der Waals surface area contributed by atoms with Crippen LogP contribution in [0.4, 0.5) is 0 Å². The SMILES string of the molecule is CC(O)(CCCl)c1ccccc1Oc1ccc(Br)cc1. The molecule has 0 amide bonds. The molecule has 0 saturated carbocycles. The van der Waals surface area contributed by atoms with Crippen molar-refractivity contribution in [2.24, 2.45) is 0 Å². The molecule has 0 aromatic heterocycles. The molecule has 0 radical (unpaired) electrons. The molecule has 2 rings (SSSR count). The van der Waals surface area contributed by atoms with Gasteiger partial charge in [0.05, 0.1) is 5.60 Å². The van der Waals surface area contributed by atoms with Crippen LogP contribution in [0.15, 0.2) is 53.0 Å². The minimum atomic E-state index is -1.01. The fraction of sp³-hybridized carbons (Fsp3) is 0.250. The number of ether oxygens (including phenoxy) is 1. The van der Waals surface area contributed by atoms with Crippen molar-refractivity contribution in [1.29, 1.82) is 0 Å². The minimum Gasteiger partial charge on any atom is -0.457 e. The quantitative estimate of drug-likeness (QED) is 0.758. The Morgan fingerprint density at radius 3 is 2.45 bits per heavy atom. The molecule has 1 unspecified atom stereocenters. The van der Waals surface area contributed by atoms with Gasteiger partial charge < -0.3 is 9.84 Å². The van der Waals surface area contributed by atoms with E-state index in [-0.39, 0.29) is 0 Å². The topological polar surface area (TPSA) is 29.5 Å². The van der Waals surface area contributed by atoms with Crippen molar-refractivity contribution in [2.45, 2.75) is 18.9 Å². The molecule has 0 aliphatic rings. The van der Waals surface area contributed by atoms with Crippen LogP contribution in [0, 0.1) is 0 Å². The third-order valence-corrected chi connectivity index (χ3v) is 3.81. The molecule has 0 bridgehead atoms. The number of aliphatic hydroxyl groups is 1.